The Morgan fingerprint density at radius 1 is 1.15 bits per heavy atom. The summed E-state index contributed by atoms with van der Waals surface area (Å²) in [4.78, 5) is 2.16. The van der Waals surface area contributed by atoms with Gasteiger partial charge in [-0.3, -0.25) is 4.90 Å². The molecule has 13 heavy (non-hydrogen) atoms. The molecule has 1 heterocycles. The van der Waals surface area contributed by atoms with Gasteiger partial charge in [-0.25, -0.2) is 5.32 Å². The van der Waals surface area contributed by atoms with Crippen LogP contribution in [0.1, 0.15) is 19.3 Å². The Kier molecular flexibility index (Phi) is 2.23. The van der Waals surface area contributed by atoms with E-state index in [4.69, 9.17) is 0 Å². The molecule has 1 aliphatic heterocycles. The highest BCUT2D eigenvalue weighted by molar-refractivity contribution is 4.91. The minimum atomic E-state index is -4.22. The van der Waals surface area contributed by atoms with E-state index in [1.165, 1.54) is 12.8 Å². The summed E-state index contributed by atoms with van der Waals surface area (Å²) in [5.41, 5.74) is 0. The van der Waals surface area contributed by atoms with Crippen molar-refractivity contribution >= 4 is 0 Å². The van der Waals surface area contributed by atoms with Crippen molar-refractivity contribution in [2.24, 2.45) is 0 Å². The van der Waals surface area contributed by atoms with E-state index in [-0.39, 0.29) is 6.04 Å². The molecule has 1 saturated heterocycles. The first-order valence-corrected chi connectivity index (χ1v) is 4.63. The molecule has 0 bridgehead atoms. The van der Waals surface area contributed by atoms with Crippen molar-refractivity contribution < 1.29 is 13.2 Å². The summed E-state index contributed by atoms with van der Waals surface area (Å²) < 4.78 is 35.8. The number of rotatable bonds is 2. The molecule has 1 saturated carbocycles. The highest BCUT2D eigenvalue weighted by atomic mass is 19.4. The third kappa shape index (κ3) is 2.57. The van der Waals surface area contributed by atoms with Crippen molar-refractivity contribution in [1.29, 1.82) is 0 Å². The first-order valence-electron chi connectivity index (χ1n) is 4.63. The van der Waals surface area contributed by atoms with Crippen LogP contribution in [0.5, 0.6) is 0 Å². The average molecular weight is 194 g/mol. The van der Waals surface area contributed by atoms with Crippen LogP contribution in [0.25, 0.3) is 0 Å². The number of hydrogen-bond acceptors (Lipinski definition) is 2. The second kappa shape index (κ2) is 3.13. The van der Waals surface area contributed by atoms with Crippen molar-refractivity contribution in [2.45, 2.75) is 37.6 Å². The lowest BCUT2D eigenvalue weighted by Gasteiger charge is -2.17. The summed E-state index contributed by atoms with van der Waals surface area (Å²) in [6, 6.07) is 0.195. The predicted molar refractivity (Wildman–Crippen MR) is 42.2 cm³/mol. The first kappa shape index (κ1) is 9.27. The Morgan fingerprint density at radius 2 is 1.85 bits per heavy atom. The fraction of sp³-hybridized carbons (Fsp3) is 1.00. The van der Waals surface area contributed by atoms with Crippen LogP contribution in [0.2, 0.25) is 0 Å². The number of halogens is 3. The second-order valence-corrected chi connectivity index (χ2v) is 3.85. The lowest BCUT2D eigenvalue weighted by atomic mass is 10.3. The Hall–Kier alpha value is -0.290. The lowest BCUT2D eigenvalue weighted by molar-refractivity contribution is -0.163. The van der Waals surface area contributed by atoms with Gasteiger partial charge in [0.25, 0.3) is 0 Å². The normalized spacial score (nSPS) is 31.2. The number of likely N-dealkylation sites (tertiary alicyclic amines) is 1. The van der Waals surface area contributed by atoms with Crippen molar-refractivity contribution in [3.05, 3.63) is 0 Å². The van der Waals surface area contributed by atoms with Crippen LogP contribution in [0.15, 0.2) is 0 Å². The molecule has 2 nitrogen and oxygen atoms in total. The maximum Gasteiger partial charge on any atom is 0.457 e. The molecule has 0 radical (unpaired) electrons. The van der Waals surface area contributed by atoms with Crippen LogP contribution in [0.3, 0.4) is 0 Å². The molecule has 0 spiro atoms. The zero-order chi connectivity index (χ0) is 9.47. The number of nitrogens with zero attached hydrogens (tertiary/aromatic N) is 1. The molecule has 1 aliphatic carbocycles. The van der Waals surface area contributed by atoms with Gasteiger partial charge in [-0.05, 0) is 19.3 Å². The fourth-order valence-corrected chi connectivity index (χ4v) is 1.91. The van der Waals surface area contributed by atoms with E-state index in [0.29, 0.717) is 19.0 Å². The van der Waals surface area contributed by atoms with Crippen LogP contribution in [-0.2, 0) is 0 Å². The summed E-state index contributed by atoms with van der Waals surface area (Å²) in [5, 5.41) is 1.69. The van der Waals surface area contributed by atoms with Crippen LogP contribution in [-0.4, -0.2) is 36.4 Å². The fourth-order valence-electron chi connectivity index (χ4n) is 1.91. The summed E-state index contributed by atoms with van der Waals surface area (Å²) >= 11 is 0. The maximum absolute atomic E-state index is 11.9. The van der Waals surface area contributed by atoms with Gasteiger partial charge in [0.2, 0.25) is 0 Å². The van der Waals surface area contributed by atoms with Crippen molar-refractivity contribution in [3.8, 4) is 0 Å². The quantitative estimate of drug-likeness (QED) is 0.667. The van der Waals surface area contributed by atoms with Crippen LogP contribution >= 0.6 is 0 Å². The first-order chi connectivity index (χ1) is 6.04. The Bertz CT molecular complexity index is 188. The van der Waals surface area contributed by atoms with E-state index in [2.05, 4.69) is 4.90 Å². The van der Waals surface area contributed by atoms with E-state index < -0.39 is 6.30 Å². The lowest BCUT2D eigenvalue weighted by Crippen LogP contribution is -2.42. The Morgan fingerprint density at radius 3 is 2.38 bits per heavy atom. The van der Waals surface area contributed by atoms with E-state index >= 15 is 0 Å². The standard InChI is InChI=1S/C8H13F3N2/c9-8(10,11)12-6-3-4-13(5-6)7-1-2-7/h6-7,12H,1-5H2. The molecule has 76 valence electrons. The molecule has 2 rings (SSSR count). The van der Waals surface area contributed by atoms with Crippen molar-refractivity contribution in [1.82, 2.24) is 10.2 Å². The van der Waals surface area contributed by atoms with Gasteiger partial charge in [0.1, 0.15) is 0 Å². The van der Waals surface area contributed by atoms with E-state index in [0.717, 1.165) is 6.54 Å². The molecule has 0 aromatic carbocycles. The molecule has 0 aromatic heterocycles. The molecular formula is C8H13F3N2. The minimum Gasteiger partial charge on any atom is -0.299 e. The Balaban J connectivity index is 1.77. The van der Waals surface area contributed by atoms with Gasteiger partial charge in [0.05, 0.1) is 0 Å². The molecule has 2 fully saturated rings. The summed E-state index contributed by atoms with van der Waals surface area (Å²) in [5.74, 6) is 0. The second-order valence-electron chi connectivity index (χ2n) is 3.85. The monoisotopic (exact) mass is 194 g/mol. The van der Waals surface area contributed by atoms with Crippen molar-refractivity contribution in [2.75, 3.05) is 13.1 Å². The molecule has 1 atom stereocenters. The summed E-state index contributed by atoms with van der Waals surface area (Å²) in [6.45, 7) is 1.38. The third-order valence-electron chi connectivity index (χ3n) is 2.65. The Labute approximate surface area is 75.1 Å². The van der Waals surface area contributed by atoms with Gasteiger partial charge in [0.15, 0.2) is 0 Å². The zero-order valence-electron chi connectivity index (χ0n) is 7.27. The maximum atomic E-state index is 11.9. The number of hydrogen-bond donors (Lipinski definition) is 1. The molecule has 2 aliphatic rings. The van der Waals surface area contributed by atoms with Gasteiger partial charge in [0, 0.05) is 25.2 Å². The molecule has 0 aromatic rings. The molecular weight excluding hydrogens is 181 g/mol. The number of alkyl halides is 3. The van der Waals surface area contributed by atoms with Gasteiger partial charge in [-0.1, -0.05) is 0 Å². The van der Waals surface area contributed by atoms with Crippen LogP contribution < -0.4 is 5.32 Å². The van der Waals surface area contributed by atoms with Crippen LogP contribution in [0, 0.1) is 0 Å². The zero-order valence-corrected chi connectivity index (χ0v) is 7.27. The van der Waals surface area contributed by atoms with Gasteiger partial charge in [-0.15, -0.1) is 0 Å². The molecule has 1 unspecified atom stereocenters. The minimum absolute atomic E-state index is 0.388. The SMILES string of the molecule is FC(F)(F)NC1CCN(C2CC2)C1. The topological polar surface area (TPSA) is 15.3 Å². The van der Waals surface area contributed by atoms with Gasteiger partial charge >= 0.3 is 6.30 Å². The predicted octanol–water partition coefficient (Wildman–Crippen LogP) is 1.33. The van der Waals surface area contributed by atoms with Crippen molar-refractivity contribution in [3.63, 3.8) is 0 Å². The highest BCUT2D eigenvalue weighted by Crippen LogP contribution is 2.30. The van der Waals surface area contributed by atoms with Gasteiger partial charge < -0.3 is 0 Å². The van der Waals surface area contributed by atoms with E-state index in [1.807, 2.05) is 0 Å². The summed E-state index contributed by atoms with van der Waals surface area (Å²) in [6.07, 6.45) is -1.27. The summed E-state index contributed by atoms with van der Waals surface area (Å²) in [7, 11) is 0. The molecule has 5 heteroatoms. The molecule has 1 N–H and O–H groups in total. The van der Waals surface area contributed by atoms with Crippen LogP contribution in [0.4, 0.5) is 13.2 Å². The smallest absolute Gasteiger partial charge is 0.299 e. The number of nitrogens with one attached hydrogen (secondary N) is 1. The molecule has 0 amide bonds. The average Bonchev–Trinajstić information content (AvgIpc) is 2.72. The third-order valence-corrected chi connectivity index (χ3v) is 2.65. The van der Waals surface area contributed by atoms with Gasteiger partial charge in [-0.2, -0.15) is 13.2 Å². The highest BCUT2D eigenvalue weighted by Gasteiger charge is 2.38. The van der Waals surface area contributed by atoms with E-state index in [9.17, 15) is 13.2 Å². The van der Waals surface area contributed by atoms with E-state index in [1.54, 1.807) is 5.32 Å². The largest absolute Gasteiger partial charge is 0.457 e.